The topological polar surface area (TPSA) is 68.1 Å². The average Bonchev–Trinajstić information content (AvgIpc) is 3.07. The molecule has 0 radical (unpaired) electrons. The van der Waals surface area contributed by atoms with Crippen LogP contribution in [0.1, 0.15) is 30.4 Å². The van der Waals surface area contributed by atoms with Crippen LogP contribution in [-0.2, 0) is 17.1 Å². The minimum Gasteiger partial charge on any atom is -0.330 e. The summed E-state index contributed by atoms with van der Waals surface area (Å²) in [6.07, 6.45) is 4.74. The number of hydrogen-bond acceptors (Lipinski definition) is 4. The van der Waals surface area contributed by atoms with Crippen molar-refractivity contribution in [2.24, 2.45) is 7.05 Å². The Bertz CT molecular complexity index is 798. The summed E-state index contributed by atoms with van der Waals surface area (Å²) in [6, 6.07) is 5.60. The van der Waals surface area contributed by atoms with E-state index in [9.17, 15) is 8.42 Å². The highest BCUT2D eigenvalue weighted by molar-refractivity contribution is 7.88. The first kappa shape index (κ1) is 15.2. The molecule has 1 aliphatic heterocycles. The lowest BCUT2D eigenvalue weighted by atomic mass is 10.1. The van der Waals surface area contributed by atoms with Crippen LogP contribution in [0.2, 0.25) is 0 Å². The molecule has 118 valence electrons. The van der Waals surface area contributed by atoms with E-state index < -0.39 is 10.0 Å². The van der Waals surface area contributed by atoms with Gasteiger partial charge in [-0.1, -0.05) is 6.07 Å². The summed E-state index contributed by atoms with van der Waals surface area (Å²) in [5.74, 6) is 0.917. The van der Waals surface area contributed by atoms with Gasteiger partial charge in [-0.25, -0.2) is 18.4 Å². The molecule has 22 heavy (non-hydrogen) atoms. The van der Waals surface area contributed by atoms with Gasteiger partial charge in [0.05, 0.1) is 35.6 Å². The first-order valence-corrected chi connectivity index (χ1v) is 9.15. The van der Waals surface area contributed by atoms with Gasteiger partial charge in [0.2, 0.25) is 10.0 Å². The van der Waals surface area contributed by atoms with Crippen molar-refractivity contribution in [3.8, 4) is 11.4 Å². The van der Waals surface area contributed by atoms with Gasteiger partial charge in [-0.15, -0.1) is 0 Å². The van der Waals surface area contributed by atoms with Gasteiger partial charge in [0, 0.05) is 13.6 Å². The van der Waals surface area contributed by atoms with E-state index in [-0.39, 0.29) is 6.04 Å². The molecule has 1 saturated heterocycles. The Morgan fingerprint density at radius 2 is 2.09 bits per heavy atom. The molecule has 0 aliphatic carbocycles. The smallest absolute Gasteiger partial charge is 0.211 e. The molecule has 0 N–H and O–H groups in total. The van der Waals surface area contributed by atoms with E-state index >= 15 is 0 Å². The predicted molar refractivity (Wildman–Crippen MR) is 84.7 cm³/mol. The van der Waals surface area contributed by atoms with Crippen molar-refractivity contribution < 1.29 is 8.42 Å². The van der Waals surface area contributed by atoms with Crippen molar-refractivity contribution in [2.75, 3.05) is 12.8 Å². The standard InChI is InChI=1S/C15H20N4O2S/c1-11-16-10-15(18(11)2)13-7-4-6-12(17-13)14-8-5-9-19(14)22(3,20)21/h4,6-7,10,14H,5,8-9H2,1-3H3. The van der Waals surface area contributed by atoms with Gasteiger partial charge in [-0.05, 0) is 31.9 Å². The number of aromatic nitrogens is 3. The second-order valence-corrected chi connectivity index (χ2v) is 7.66. The molecule has 1 fully saturated rings. The highest BCUT2D eigenvalue weighted by Crippen LogP contribution is 2.33. The van der Waals surface area contributed by atoms with Gasteiger partial charge < -0.3 is 4.57 Å². The second kappa shape index (κ2) is 5.48. The lowest BCUT2D eigenvalue weighted by Gasteiger charge is -2.22. The van der Waals surface area contributed by atoms with E-state index in [0.717, 1.165) is 35.7 Å². The van der Waals surface area contributed by atoms with Crippen molar-refractivity contribution in [1.82, 2.24) is 18.8 Å². The van der Waals surface area contributed by atoms with Crippen molar-refractivity contribution in [3.63, 3.8) is 0 Å². The highest BCUT2D eigenvalue weighted by atomic mass is 32.2. The Morgan fingerprint density at radius 3 is 2.73 bits per heavy atom. The molecule has 0 aromatic carbocycles. The molecule has 1 aliphatic rings. The van der Waals surface area contributed by atoms with Gasteiger partial charge in [0.25, 0.3) is 0 Å². The summed E-state index contributed by atoms with van der Waals surface area (Å²) in [7, 11) is -1.26. The fourth-order valence-electron chi connectivity index (χ4n) is 2.95. The maximum Gasteiger partial charge on any atom is 0.211 e. The van der Waals surface area contributed by atoms with Crippen LogP contribution in [0.3, 0.4) is 0 Å². The van der Waals surface area contributed by atoms with Crippen LogP contribution in [-0.4, -0.2) is 40.1 Å². The SMILES string of the molecule is Cc1ncc(-c2cccc(C3CCCN3S(C)(=O)=O)n2)n1C. The molecule has 0 amide bonds. The van der Waals surface area contributed by atoms with Crippen LogP contribution < -0.4 is 0 Å². The van der Waals surface area contributed by atoms with Crippen molar-refractivity contribution >= 4 is 10.0 Å². The Hall–Kier alpha value is -1.73. The molecule has 7 heteroatoms. The Labute approximate surface area is 130 Å². The molecule has 3 heterocycles. The summed E-state index contributed by atoms with van der Waals surface area (Å²) in [4.78, 5) is 8.99. The second-order valence-electron chi connectivity index (χ2n) is 5.73. The van der Waals surface area contributed by atoms with E-state index in [0.29, 0.717) is 6.54 Å². The van der Waals surface area contributed by atoms with Crippen LogP contribution in [0.4, 0.5) is 0 Å². The number of hydrogen-bond donors (Lipinski definition) is 0. The fourth-order valence-corrected chi connectivity index (χ4v) is 4.09. The number of nitrogens with zero attached hydrogens (tertiary/aromatic N) is 4. The summed E-state index contributed by atoms with van der Waals surface area (Å²) in [5, 5.41) is 0. The number of rotatable bonds is 3. The summed E-state index contributed by atoms with van der Waals surface area (Å²) in [6.45, 7) is 2.51. The quantitative estimate of drug-likeness (QED) is 0.866. The van der Waals surface area contributed by atoms with Gasteiger partial charge in [0.1, 0.15) is 5.82 Å². The van der Waals surface area contributed by atoms with Gasteiger partial charge in [-0.3, -0.25) is 0 Å². The Morgan fingerprint density at radius 1 is 1.32 bits per heavy atom. The third kappa shape index (κ3) is 2.66. The molecule has 2 aromatic heterocycles. The van der Waals surface area contributed by atoms with Crippen LogP contribution >= 0.6 is 0 Å². The monoisotopic (exact) mass is 320 g/mol. The molecule has 0 saturated carbocycles. The molecule has 0 spiro atoms. The average molecular weight is 320 g/mol. The van der Waals surface area contributed by atoms with Crippen LogP contribution in [0, 0.1) is 6.92 Å². The van der Waals surface area contributed by atoms with Crippen LogP contribution in [0.25, 0.3) is 11.4 Å². The molecular weight excluding hydrogens is 300 g/mol. The van der Waals surface area contributed by atoms with E-state index in [4.69, 9.17) is 4.98 Å². The first-order chi connectivity index (χ1) is 10.4. The molecule has 2 aromatic rings. The molecule has 6 nitrogen and oxygen atoms in total. The maximum atomic E-state index is 11.9. The normalized spacial score (nSPS) is 19.7. The van der Waals surface area contributed by atoms with E-state index in [1.165, 1.54) is 6.26 Å². The number of imidazole rings is 1. The number of aryl methyl sites for hydroxylation is 1. The van der Waals surface area contributed by atoms with Crippen LogP contribution in [0.15, 0.2) is 24.4 Å². The Balaban J connectivity index is 2.00. The zero-order valence-electron chi connectivity index (χ0n) is 13.0. The van der Waals surface area contributed by atoms with E-state index in [1.54, 1.807) is 10.5 Å². The summed E-state index contributed by atoms with van der Waals surface area (Å²) < 4.78 is 27.4. The van der Waals surface area contributed by atoms with Gasteiger partial charge in [-0.2, -0.15) is 4.31 Å². The number of sulfonamides is 1. The van der Waals surface area contributed by atoms with Gasteiger partial charge >= 0.3 is 0 Å². The maximum absolute atomic E-state index is 11.9. The minimum atomic E-state index is -3.21. The largest absolute Gasteiger partial charge is 0.330 e. The zero-order valence-corrected chi connectivity index (χ0v) is 13.8. The van der Waals surface area contributed by atoms with Gasteiger partial charge in [0.15, 0.2) is 0 Å². The third-order valence-corrected chi connectivity index (χ3v) is 5.51. The third-order valence-electron chi connectivity index (χ3n) is 4.22. The minimum absolute atomic E-state index is 0.163. The molecule has 0 bridgehead atoms. The molecule has 1 atom stereocenters. The van der Waals surface area contributed by atoms with Crippen molar-refractivity contribution in [3.05, 3.63) is 35.9 Å². The number of pyridine rings is 1. The summed E-state index contributed by atoms with van der Waals surface area (Å²) >= 11 is 0. The molecule has 1 unspecified atom stereocenters. The first-order valence-electron chi connectivity index (χ1n) is 7.30. The van der Waals surface area contributed by atoms with E-state index in [2.05, 4.69) is 4.98 Å². The lowest BCUT2D eigenvalue weighted by molar-refractivity contribution is 0.394. The van der Waals surface area contributed by atoms with Crippen LogP contribution in [0.5, 0.6) is 0 Å². The highest BCUT2D eigenvalue weighted by Gasteiger charge is 2.33. The molecule has 3 rings (SSSR count). The summed E-state index contributed by atoms with van der Waals surface area (Å²) in [5.41, 5.74) is 2.56. The van der Waals surface area contributed by atoms with Crippen molar-refractivity contribution in [2.45, 2.75) is 25.8 Å². The predicted octanol–water partition coefficient (Wildman–Crippen LogP) is 1.89. The van der Waals surface area contributed by atoms with E-state index in [1.807, 2.05) is 36.7 Å². The zero-order chi connectivity index (χ0) is 15.9. The lowest BCUT2D eigenvalue weighted by Crippen LogP contribution is -2.29. The van der Waals surface area contributed by atoms with Crippen molar-refractivity contribution in [1.29, 1.82) is 0 Å². The fraction of sp³-hybridized carbons (Fsp3) is 0.467. The Kier molecular flexibility index (Phi) is 3.78. The molecular formula is C15H20N4O2S.